The molecular weight excluding hydrogens is 444 g/mol. The van der Waals surface area contributed by atoms with Crippen molar-refractivity contribution in [2.24, 2.45) is 5.92 Å². The Morgan fingerprint density at radius 1 is 1.12 bits per heavy atom. The van der Waals surface area contributed by atoms with E-state index in [1.807, 2.05) is 31.2 Å². The predicted octanol–water partition coefficient (Wildman–Crippen LogP) is 5.18. The molecule has 1 fully saturated rings. The number of ether oxygens (including phenoxy) is 1. The summed E-state index contributed by atoms with van der Waals surface area (Å²) in [6.45, 7) is 8.89. The topological polar surface area (TPSA) is 67.3 Å². The number of benzene rings is 2. The molecule has 0 spiro atoms. The van der Waals surface area contributed by atoms with Crippen molar-refractivity contribution < 1.29 is 9.53 Å². The number of para-hydroxylation sites is 1. The van der Waals surface area contributed by atoms with E-state index in [0.29, 0.717) is 13.2 Å². The second kappa shape index (κ2) is 11.4. The fraction of sp³-hybridized carbons (Fsp3) is 0.370. The van der Waals surface area contributed by atoms with Gasteiger partial charge < -0.3 is 15.0 Å². The highest BCUT2D eigenvalue weighted by Crippen LogP contribution is 2.32. The summed E-state index contributed by atoms with van der Waals surface area (Å²) in [5.74, 6) is 1.88. The maximum absolute atomic E-state index is 12.8. The smallest absolute Gasteiger partial charge is 0.223 e. The molecular formula is C27H32N4O2S. The van der Waals surface area contributed by atoms with E-state index in [1.54, 1.807) is 18.1 Å². The molecule has 0 radical (unpaired) electrons. The molecule has 0 aliphatic carbocycles. The highest BCUT2D eigenvalue weighted by atomic mass is 32.2. The summed E-state index contributed by atoms with van der Waals surface area (Å²) in [5.41, 5.74) is 3.49. The lowest BCUT2D eigenvalue weighted by molar-refractivity contribution is -0.125. The van der Waals surface area contributed by atoms with E-state index in [2.05, 4.69) is 58.3 Å². The Morgan fingerprint density at radius 2 is 1.91 bits per heavy atom. The van der Waals surface area contributed by atoms with Crippen LogP contribution in [0.3, 0.4) is 0 Å². The van der Waals surface area contributed by atoms with Crippen LogP contribution in [0, 0.1) is 19.8 Å². The largest absolute Gasteiger partial charge is 0.494 e. The van der Waals surface area contributed by atoms with E-state index < -0.39 is 0 Å². The van der Waals surface area contributed by atoms with Crippen molar-refractivity contribution in [3.63, 3.8) is 0 Å². The van der Waals surface area contributed by atoms with E-state index in [4.69, 9.17) is 4.74 Å². The minimum atomic E-state index is 0.0149. The number of amides is 1. The van der Waals surface area contributed by atoms with E-state index in [1.165, 1.54) is 16.0 Å². The third kappa shape index (κ3) is 6.08. The van der Waals surface area contributed by atoms with Gasteiger partial charge in [0, 0.05) is 42.1 Å². The monoisotopic (exact) mass is 476 g/mol. The molecule has 2 aromatic carbocycles. The molecule has 1 saturated heterocycles. The van der Waals surface area contributed by atoms with Crippen LogP contribution in [0.5, 0.6) is 5.75 Å². The molecule has 1 N–H and O–H groups in total. The molecule has 34 heavy (non-hydrogen) atoms. The molecule has 6 nitrogen and oxygen atoms in total. The number of rotatable bonds is 8. The molecule has 1 aliphatic rings. The van der Waals surface area contributed by atoms with E-state index in [9.17, 15) is 4.79 Å². The summed E-state index contributed by atoms with van der Waals surface area (Å²) in [6, 6.07) is 16.4. The number of aromatic nitrogens is 2. The summed E-state index contributed by atoms with van der Waals surface area (Å²) < 4.78 is 5.67. The van der Waals surface area contributed by atoms with Gasteiger partial charge in [-0.15, -0.1) is 0 Å². The second-order valence-corrected chi connectivity index (χ2v) is 9.67. The number of carbonyl (C=O) groups excluding carboxylic acids is 1. The molecule has 0 bridgehead atoms. The fourth-order valence-corrected chi connectivity index (χ4v) is 5.10. The highest BCUT2D eigenvalue weighted by Gasteiger charge is 2.26. The molecule has 178 valence electrons. The average molecular weight is 477 g/mol. The number of hydrogen-bond donors (Lipinski definition) is 1. The fourth-order valence-electron chi connectivity index (χ4n) is 4.13. The standard InChI is InChI=1S/C27H32N4O2S/c1-4-33-23-8-6-5-7-22(23)17-28-27(32)21-11-13-31(14-12-21)25-16-26(30-18-29-25)34-24-15-19(2)9-10-20(24)3/h5-10,15-16,18,21H,4,11-14,17H2,1-3H3,(H,28,32). The van der Waals surface area contributed by atoms with E-state index in [0.717, 1.165) is 48.1 Å². The lowest BCUT2D eigenvalue weighted by Crippen LogP contribution is -2.40. The molecule has 7 heteroatoms. The first kappa shape index (κ1) is 24.1. The molecule has 0 atom stereocenters. The van der Waals surface area contributed by atoms with E-state index >= 15 is 0 Å². The third-order valence-electron chi connectivity index (χ3n) is 6.10. The van der Waals surface area contributed by atoms with Gasteiger partial charge in [0.15, 0.2) is 0 Å². The molecule has 1 aromatic heterocycles. The lowest BCUT2D eigenvalue weighted by Gasteiger charge is -2.32. The van der Waals surface area contributed by atoms with Gasteiger partial charge in [0.1, 0.15) is 22.9 Å². The number of hydrogen-bond acceptors (Lipinski definition) is 6. The summed E-state index contributed by atoms with van der Waals surface area (Å²) in [5, 5.41) is 4.04. The summed E-state index contributed by atoms with van der Waals surface area (Å²) in [4.78, 5) is 25.2. The van der Waals surface area contributed by atoms with Crippen molar-refractivity contribution >= 4 is 23.5 Å². The van der Waals surface area contributed by atoms with Crippen LogP contribution in [-0.2, 0) is 11.3 Å². The van der Waals surface area contributed by atoms with Crippen molar-refractivity contribution in [1.29, 1.82) is 0 Å². The van der Waals surface area contributed by atoms with Crippen LogP contribution in [0.15, 0.2) is 64.8 Å². The van der Waals surface area contributed by atoms with Gasteiger partial charge in [-0.3, -0.25) is 4.79 Å². The van der Waals surface area contributed by atoms with Crippen molar-refractivity contribution in [3.05, 3.63) is 71.5 Å². The summed E-state index contributed by atoms with van der Waals surface area (Å²) in [7, 11) is 0. The van der Waals surface area contributed by atoms with Crippen molar-refractivity contribution in [2.75, 3.05) is 24.6 Å². The van der Waals surface area contributed by atoms with Gasteiger partial charge in [-0.05, 0) is 56.9 Å². The highest BCUT2D eigenvalue weighted by molar-refractivity contribution is 7.99. The van der Waals surface area contributed by atoms with Gasteiger partial charge in [-0.1, -0.05) is 42.1 Å². The SMILES string of the molecule is CCOc1ccccc1CNC(=O)C1CCN(c2cc(Sc3cc(C)ccc3C)ncn2)CC1. The Bertz CT molecular complexity index is 1130. The van der Waals surface area contributed by atoms with E-state index in [-0.39, 0.29) is 11.8 Å². The number of carbonyl (C=O) groups is 1. The molecule has 0 unspecified atom stereocenters. The quantitative estimate of drug-likeness (QED) is 0.452. The summed E-state index contributed by atoms with van der Waals surface area (Å²) >= 11 is 1.67. The van der Waals surface area contributed by atoms with Crippen LogP contribution in [0.25, 0.3) is 0 Å². The Balaban J connectivity index is 1.32. The van der Waals surface area contributed by atoms with Crippen LogP contribution in [-0.4, -0.2) is 35.6 Å². The number of nitrogens with zero attached hydrogens (tertiary/aromatic N) is 3. The Hall–Kier alpha value is -3.06. The van der Waals surface area contributed by atoms with Gasteiger partial charge in [-0.25, -0.2) is 9.97 Å². The first-order valence-corrected chi connectivity index (χ1v) is 12.7. The Kier molecular flexibility index (Phi) is 8.06. The minimum Gasteiger partial charge on any atom is -0.494 e. The van der Waals surface area contributed by atoms with Crippen molar-refractivity contribution in [2.45, 2.75) is 50.1 Å². The average Bonchev–Trinajstić information content (AvgIpc) is 2.86. The molecule has 2 heterocycles. The van der Waals surface area contributed by atoms with Crippen LogP contribution in [0.2, 0.25) is 0 Å². The zero-order chi connectivity index (χ0) is 23.9. The van der Waals surface area contributed by atoms with Gasteiger partial charge in [0.2, 0.25) is 5.91 Å². The number of anilines is 1. The van der Waals surface area contributed by atoms with Gasteiger partial charge in [0.25, 0.3) is 0 Å². The molecule has 3 aromatic rings. The van der Waals surface area contributed by atoms with Crippen molar-refractivity contribution in [3.8, 4) is 5.75 Å². The van der Waals surface area contributed by atoms with Gasteiger partial charge in [-0.2, -0.15) is 0 Å². The van der Waals surface area contributed by atoms with Crippen LogP contribution in [0.4, 0.5) is 5.82 Å². The molecule has 1 aliphatic heterocycles. The number of piperidine rings is 1. The molecule has 4 rings (SSSR count). The maximum atomic E-state index is 12.8. The predicted molar refractivity (Wildman–Crippen MR) is 136 cm³/mol. The Morgan fingerprint density at radius 3 is 2.71 bits per heavy atom. The lowest BCUT2D eigenvalue weighted by atomic mass is 9.96. The van der Waals surface area contributed by atoms with Crippen LogP contribution >= 0.6 is 11.8 Å². The normalized spacial score (nSPS) is 14.1. The third-order valence-corrected chi connectivity index (χ3v) is 7.19. The molecule has 0 saturated carbocycles. The second-order valence-electron chi connectivity index (χ2n) is 8.61. The maximum Gasteiger partial charge on any atom is 0.223 e. The van der Waals surface area contributed by atoms with Gasteiger partial charge in [0.05, 0.1) is 6.61 Å². The van der Waals surface area contributed by atoms with Crippen molar-refractivity contribution in [1.82, 2.24) is 15.3 Å². The Labute approximate surface area is 206 Å². The summed E-state index contributed by atoms with van der Waals surface area (Å²) in [6.07, 6.45) is 3.25. The minimum absolute atomic E-state index is 0.0149. The van der Waals surface area contributed by atoms with Crippen LogP contribution in [0.1, 0.15) is 36.5 Å². The zero-order valence-corrected chi connectivity index (χ0v) is 20.9. The first-order valence-electron chi connectivity index (χ1n) is 11.8. The zero-order valence-electron chi connectivity index (χ0n) is 20.1. The number of nitrogens with one attached hydrogen (secondary N) is 1. The first-order chi connectivity index (χ1) is 16.5. The van der Waals surface area contributed by atoms with Gasteiger partial charge >= 0.3 is 0 Å². The molecule has 1 amide bonds. The number of aryl methyl sites for hydroxylation is 2. The van der Waals surface area contributed by atoms with Crippen LogP contribution < -0.4 is 15.0 Å².